The molecule has 106 valence electrons. The fraction of sp³-hybridized carbons (Fsp3) is 0.167. The van der Waals surface area contributed by atoms with E-state index in [1.54, 1.807) is 12.1 Å². The highest BCUT2D eigenvalue weighted by molar-refractivity contribution is 5.62. The SMILES string of the molecule is Cc1cc(C)c(-n2cc(-c3ccc(F)cc3)cn2)c(C)c1. The molecule has 3 heteroatoms. The van der Waals surface area contributed by atoms with Crippen LogP contribution < -0.4 is 0 Å². The zero-order chi connectivity index (χ0) is 15.0. The number of hydrogen-bond acceptors (Lipinski definition) is 1. The van der Waals surface area contributed by atoms with Gasteiger partial charge in [-0.3, -0.25) is 0 Å². The van der Waals surface area contributed by atoms with E-state index in [1.807, 2.05) is 17.1 Å². The average Bonchev–Trinajstić information content (AvgIpc) is 2.87. The van der Waals surface area contributed by atoms with Gasteiger partial charge in [0.25, 0.3) is 0 Å². The molecule has 0 amide bonds. The lowest BCUT2D eigenvalue weighted by molar-refractivity contribution is 0.628. The Balaban J connectivity index is 2.05. The highest BCUT2D eigenvalue weighted by atomic mass is 19.1. The molecule has 3 rings (SSSR count). The van der Waals surface area contributed by atoms with Gasteiger partial charge < -0.3 is 0 Å². The minimum Gasteiger partial charge on any atom is -0.240 e. The molecular weight excluding hydrogens is 263 g/mol. The summed E-state index contributed by atoms with van der Waals surface area (Å²) in [6.45, 7) is 6.28. The molecule has 0 atom stereocenters. The Hall–Kier alpha value is -2.42. The van der Waals surface area contributed by atoms with E-state index in [1.165, 1.54) is 28.8 Å². The van der Waals surface area contributed by atoms with Crippen molar-refractivity contribution < 1.29 is 4.39 Å². The van der Waals surface area contributed by atoms with Crippen molar-refractivity contribution in [2.24, 2.45) is 0 Å². The molecule has 0 aliphatic rings. The Morgan fingerprint density at radius 2 is 1.52 bits per heavy atom. The summed E-state index contributed by atoms with van der Waals surface area (Å²) >= 11 is 0. The van der Waals surface area contributed by atoms with Crippen LogP contribution in [0.25, 0.3) is 16.8 Å². The van der Waals surface area contributed by atoms with Crippen LogP contribution >= 0.6 is 0 Å². The van der Waals surface area contributed by atoms with Gasteiger partial charge in [-0.15, -0.1) is 0 Å². The first-order valence-corrected chi connectivity index (χ1v) is 6.93. The summed E-state index contributed by atoms with van der Waals surface area (Å²) < 4.78 is 14.9. The fourth-order valence-corrected chi connectivity index (χ4v) is 2.77. The second-order valence-corrected chi connectivity index (χ2v) is 5.43. The molecule has 0 aliphatic carbocycles. The van der Waals surface area contributed by atoms with E-state index in [4.69, 9.17) is 0 Å². The number of hydrogen-bond donors (Lipinski definition) is 0. The van der Waals surface area contributed by atoms with Gasteiger partial charge in [-0.25, -0.2) is 9.07 Å². The van der Waals surface area contributed by atoms with Crippen molar-refractivity contribution in [2.75, 3.05) is 0 Å². The lowest BCUT2D eigenvalue weighted by Gasteiger charge is -2.11. The predicted molar refractivity (Wildman–Crippen MR) is 83.2 cm³/mol. The van der Waals surface area contributed by atoms with Gasteiger partial charge in [0, 0.05) is 11.8 Å². The second kappa shape index (κ2) is 5.17. The highest BCUT2D eigenvalue weighted by Crippen LogP contribution is 2.24. The first-order valence-electron chi connectivity index (χ1n) is 6.93. The van der Waals surface area contributed by atoms with Gasteiger partial charge in [0.15, 0.2) is 0 Å². The Bertz CT molecular complexity index is 762. The molecule has 0 aliphatic heterocycles. The standard InChI is InChI=1S/C18H17FN2/c1-12-8-13(2)18(14(3)9-12)21-11-16(10-20-21)15-4-6-17(19)7-5-15/h4-11H,1-3H3. The van der Waals surface area contributed by atoms with E-state index in [0.717, 1.165) is 16.8 Å². The second-order valence-electron chi connectivity index (χ2n) is 5.43. The first-order chi connectivity index (χ1) is 10.0. The van der Waals surface area contributed by atoms with Crippen LogP contribution in [0, 0.1) is 26.6 Å². The maximum Gasteiger partial charge on any atom is 0.123 e. The van der Waals surface area contributed by atoms with Crippen molar-refractivity contribution in [1.29, 1.82) is 0 Å². The van der Waals surface area contributed by atoms with E-state index in [-0.39, 0.29) is 5.82 Å². The van der Waals surface area contributed by atoms with E-state index in [2.05, 4.69) is 38.0 Å². The highest BCUT2D eigenvalue weighted by Gasteiger charge is 2.09. The minimum atomic E-state index is -0.226. The molecule has 0 bridgehead atoms. The van der Waals surface area contributed by atoms with Gasteiger partial charge in [0.05, 0.1) is 11.9 Å². The molecule has 0 saturated carbocycles. The monoisotopic (exact) mass is 280 g/mol. The molecule has 0 spiro atoms. The lowest BCUT2D eigenvalue weighted by atomic mass is 10.1. The number of aryl methyl sites for hydroxylation is 3. The Kier molecular flexibility index (Phi) is 3.34. The third-order valence-corrected chi connectivity index (χ3v) is 3.62. The van der Waals surface area contributed by atoms with Crippen molar-refractivity contribution >= 4 is 0 Å². The molecule has 2 aromatic carbocycles. The van der Waals surface area contributed by atoms with Crippen LogP contribution in [0.15, 0.2) is 48.8 Å². The van der Waals surface area contributed by atoms with Gasteiger partial charge in [0.1, 0.15) is 5.82 Å². The van der Waals surface area contributed by atoms with Gasteiger partial charge in [0.2, 0.25) is 0 Å². The summed E-state index contributed by atoms with van der Waals surface area (Å²) in [6, 6.07) is 10.8. The summed E-state index contributed by atoms with van der Waals surface area (Å²) in [5.74, 6) is -0.226. The molecule has 0 radical (unpaired) electrons. The number of nitrogens with zero attached hydrogens (tertiary/aromatic N) is 2. The summed E-state index contributed by atoms with van der Waals surface area (Å²) in [5.41, 5.74) is 6.69. The van der Waals surface area contributed by atoms with Crippen LogP contribution in [0.1, 0.15) is 16.7 Å². The summed E-state index contributed by atoms with van der Waals surface area (Å²) in [7, 11) is 0. The third kappa shape index (κ3) is 2.59. The summed E-state index contributed by atoms with van der Waals surface area (Å²) in [6.07, 6.45) is 3.80. The Morgan fingerprint density at radius 3 is 2.14 bits per heavy atom. The van der Waals surface area contributed by atoms with E-state index >= 15 is 0 Å². The van der Waals surface area contributed by atoms with E-state index in [0.29, 0.717) is 0 Å². The number of benzene rings is 2. The van der Waals surface area contributed by atoms with Crippen molar-refractivity contribution in [3.05, 3.63) is 71.3 Å². The Morgan fingerprint density at radius 1 is 0.905 bits per heavy atom. The van der Waals surface area contributed by atoms with Crippen molar-refractivity contribution in [3.8, 4) is 16.8 Å². The molecule has 2 nitrogen and oxygen atoms in total. The summed E-state index contributed by atoms with van der Waals surface area (Å²) in [5, 5.41) is 4.46. The number of halogens is 1. The summed E-state index contributed by atoms with van der Waals surface area (Å²) in [4.78, 5) is 0. The zero-order valence-corrected chi connectivity index (χ0v) is 12.4. The first kappa shape index (κ1) is 13.6. The van der Waals surface area contributed by atoms with Crippen LogP contribution in [0.5, 0.6) is 0 Å². The van der Waals surface area contributed by atoms with E-state index in [9.17, 15) is 4.39 Å². The maximum absolute atomic E-state index is 13.0. The molecule has 0 fully saturated rings. The normalized spacial score (nSPS) is 10.9. The van der Waals surface area contributed by atoms with Crippen LogP contribution in [0.3, 0.4) is 0 Å². The van der Waals surface area contributed by atoms with Crippen molar-refractivity contribution in [3.63, 3.8) is 0 Å². The zero-order valence-electron chi connectivity index (χ0n) is 12.4. The van der Waals surface area contributed by atoms with Crippen LogP contribution in [0.4, 0.5) is 4.39 Å². The van der Waals surface area contributed by atoms with Crippen molar-refractivity contribution in [2.45, 2.75) is 20.8 Å². The number of rotatable bonds is 2. The Labute approximate surface area is 123 Å². The lowest BCUT2D eigenvalue weighted by Crippen LogP contribution is -2.01. The van der Waals surface area contributed by atoms with E-state index < -0.39 is 0 Å². The van der Waals surface area contributed by atoms with Gasteiger partial charge in [-0.1, -0.05) is 29.8 Å². The smallest absolute Gasteiger partial charge is 0.123 e. The molecule has 0 N–H and O–H groups in total. The van der Waals surface area contributed by atoms with Gasteiger partial charge in [-0.05, 0) is 49.6 Å². The molecule has 0 saturated heterocycles. The molecule has 1 aromatic heterocycles. The van der Waals surface area contributed by atoms with Crippen LogP contribution in [-0.2, 0) is 0 Å². The molecular formula is C18H17FN2. The van der Waals surface area contributed by atoms with Gasteiger partial charge >= 0.3 is 0 Å². The maximum atomic E-state index is 13.0. The van der Waals surface area contributed by atoms with Crippen LogP contribution in [-0.4, -0.2) is 9.78 Å². The quantitative estimate of drug-likeness (QED) is 0.670. The largest absolute Gasteiger partial charge is 0.240 e. The van der Waals surface area contributed by atoms with Crippen LogP contribution in [0.2, 0.25) is 0 Å². The topological polar surface area (TPSA) is 17.8 Å². The fourth-order valence-electron chi connectivity index (χ4n) is 2.77. The molecule has 1 heterocycles. The average molecular weight is 280 g/mol. The van der Waals surface area contributed by atoms with Gasteiger partial charge in [-0.2, -0.15) is 5.10 Å². The predicted octanol–water partition coefficient (Wildman–Crippen LogP) is 4.60. The minimum absolute atomic E-state index is 0.226. The molecule has 21 heavy (non-hydrogen) atoms. The number of aromatic nitrogens is 2. The molecule has 3 aromatic rings. The van der Waals surface area contributed by atoms with Crippen molar-refractivity contribution in [1.82, 2.24) is 9.78 Å². The third-order valence-electron chi connectivity index (χ3n) is 3.62. The molecule has 0 unspecified atom stereocenters.